The number of hydrogen-bond donors (Lipinski definition) is 0. The molecule has 312 valence electrons. The summed E-state index contributed by atoms with van der Waals surface area (Å²) in [6.45, 7) is 9.34. The Balaban J connectivity index is 1.25. The fourth-order valence-electron chi connectivity index (χ4n) is 11.6. The van der Waals surface area contributed by atoms with Gasteiger partial charge in [0.1, 0.15) is 6.07 Å². The van der Waals surface area contributed by atoms with Gasteiger partial charge in [-0.25, -0.2) is 4.85 Å². The summed E-state index contributed by atoms with van der Waals surface area (Å²) in [6.07, 6.45) is 3.84. The molecule has 0 aliphatic rings. The molecule has 0 N–H and O–H groups in total. The van der Waals surface area contributed by atoms with Crippen LogP contribution in [0.3, 0.4) is 0 Å². The number of hydrogen-bond acceptors (Lipinski definition) is 4. The molecule has 15 aromatic rings. The average Bonchev–Trinajstić information content (AvgIpc) is 4.16. The van der Waals surface area contributed by atoms with Crippen LogP contribution in [-0.2, 0) is 0 Å². The van der Waals surface area contributed by atoms with Crippen molar-refractivity contribution >= 4 is 134 Å². The van der Waals surface area contributed by atoms with E-state index in [9.17, 15) is 11.8 Å². The van der Waals surface area contributed by atoms with E-state index in [-0.39, 0.29) is 0 Å². The molecule has 15 rings (SSSR count). The van der Waals surface area contributed by atoms with E-state index in [1.165, 1.54) is 35.6 Å². The first kappa shape index (κ1) is 37.4. The Labute approximate surface area is 396 Å². The van der Waals surface area contributed by atoms with Crippen molar-refractivity contribution in [3.8, 4) is 39.7 Å². The molecule has 7 heteroatoms. The Morgan fingerprint density at radius 3 is 1.78 bits per heavy atom. The van der Waals surface area contributed by atoms with Crippen molar-refractivity contribution in [2.75, 3.05) is 0 Å². The van der Waals surface area contributed by atoms with E-state index < -0.39 is 0 Å². The zero-order valence-corrected chi connectivity index (χ0v) is 37.6. The van der Waals surface area contributed by atoms with E-state index >= 15 is 0 Å². The first-order valence-electron chi connectivity index (χ1n) is 22.5. The van der Waals surface area contributed by atoms with E-state index in [2.05, 4.69) is 165 Å². The molecule has 0 saturated heterocycles. The molecule has 0 fully saturated rings. The van der Waals surface area contributed by atoms with Gasteiger partial charge in [-0.3, -0.25) is 4.98 Å². The summed E-state index contributed by atoms with van der Waals surface area (Å²) in [7, 11) is 0. The number of nitriles is 1. The minimum absolute atomic E-state index is 0.419. The van der Waals surface area contributed by atoms with Crippen LogP contribution in [0.5, 0.6) is 0 Å². The summed E-state index contributed by atoms with van der Waals surface area (Å²) in [5, 5.41) is 25.9. The van der Waals surface area contributed by atoms with Gasteiger partial charge in [-0.05, 0) is 69.8 Å². The molecule has 10 aromatic carbocycles. The second-order valence-corrected chi connectivity index (χ2v) is 19.6. The van der Waals surface area contributed by atoms with Crippen molar-refractivity contribution in [2.45, 2.75) is 0 Å². The maximum atomic E-state index is 12.1. The minimum Gasteiger partial charge on any atom is -0.318 e. The number of benzene rings is 10. The van der Waals surface area contributed by atoms with Crippen molar-refractivity contribution < 1.29 is 0 Å². The van der Waals surface area contributed by atoms with Crippen LogP contribution in [0.25, 0.3) is 144 Å². The smallest absolute Gasteiger partial charge is 0.220 e. The SMILES string of the molecule is [C-]#[N+]c1c(-c2ccccc2)c(C#N)c(-n2c3ccc4sc5ccccc5c4c3c3ccc4c5ccccc5sc4c32)c(-c2ccccc2)c1-n1c2cccc3c4ccncc4c4cccc1c4c32. The third-order valence-electron chi connectivity index (χ3n) is 14.2. The molecule has 0 spiro atoms. The van der Waals surface area contributed by atoms with Crippen molar-refractivity contribution in [1.29, 1.82) is 5.26 Å². The van der Waals surface area contributed by atoms with Crippen molar-refractivity contribution in [1.82, 2.24) is 14.1 Å². The van der Waals surface area contributed by atoms with Gasteiger partial charge in [-0.1, -0.05) is 133 Å². The lowest BCUT2D eigenvalue weighted by Crippen LogP contribution is -2.08. The quantitative estimate of drug-likeness (QED) is 0.131. The number of fused-ring (bicyclic) bond motifs is 14. The highest BCUT2D eigenvalue weighted by molar-refractivity contribution is 7.27. The zero-order chi connectivity index (χ0) is 44.8. The Morgan fingerprint density at radius 2 is 1.06 bits per heavy atom. The van der Waals surface area contributed by atoms with Crippen LogP contribution in [0.4, 0.5) is 5.69 Å². The fourth-order valence-corrected chi connectivity index (χ4v) is 13.9. The van der Waals surface area contributed by atoms with E-state index in [0.717, 1.165) is 97.9 Å². The molecule has 5 heterocycles. The van der Waals surface area contributed by atoms with Crippen LogP contribution in [0.1, 0.15) is 5.56 Å². The van der Waals surface area contributed by atoms with Gasteiger partial charge >= 0.3 is 0 Å². The lowest BCUT2D eigenvalue weighted by Gasteiger charge is -2.26. The Bertz CT molecular complexity index is 4660. The first-order valence-corrected chi connectivity index (χ1v) is 24.2. The lowest BCUT2D eigenvalue weighted by atomic mass is 9.88. The Morgan fingerprint density at radius 1 is 0.456 bits per heavy atom. The number of nitrogens with zero attached hydrogens (tertiary/aromatic N) is 5. The summed E-state index contributed by atoms with van der Waals surface area (Å²) in [4.78, 5) is 9.18. The van der Waals surface area contributed by atoms with Crippen LogP contribution >= 0.6 is 22.7 Å². The summed E-state index contributed by atoms with van der Waals surface area (Å²) < 4.78 is 9.54. The van der Waals surface area contributed by atoms with Gasteiger partial charge in [-0.15, -0.1) is 22.7 Å². The summed E-state index contributed by atoms with van der Waals surface area (Å²) in [5.74, 6) is 0. The number of aromatic nitrogens is 3. The highest BCUT2D eigenvalue weighted by atomic mass is 32.1. The standard InChI is InChI=1S/C61H31N5S2/c1-63-57-51(34-14-4-2-5-15-34)43(32-62)58(52(35-16-6-3-7-17-35)60(57)65-45-22-12-20-38-36-30-31-64-33-44(36)39-21-13-23-46(65)54(39)53(38)45)66-47-28-29-50-56(41-19-9-11-25-49(41)67-50)55(47)42-27-26-40-37-18-8-10-24-48(37)68-61(40)59(42)66/h2-31,33H. The molecule has 0 saturated carbocycles. The summed E-state index contributed by atoms with van der Waals surface area (Å²) in [5.41, 5.74) is 9.50. The van der Waals surface area contributed by atoms with Crippen LogP contribution < -0.4 is 0 Å². The molecule has 0 atom stereocenters. The number of rotatable bonds is 4. The molecule has 0 bridgehead atoms. The highest BCUT2D eigenvalue weighted by Crippen LogP contribution is 2.55. The van der Waals surface area contributed by atoms with Crippen LogP contribution in [0, 0.1) is 17.9 Å². The molecule has 0 aliphatic carbocycles. The molecule has 5 aromatic heterocycles. The zero-order valence-electron chi connectivity index (χ0n) is 36.0. The van der Waals surface area contributed by atoms with E-state index in [1.54, 1.807) is 11.3 Å². The first-order chi connectivity index (χ1) is 33.7. The molecular formula is C61H31N5S2. The molecule has 0 unspecified atom stereocenters. The third-order valence-corrected chi connectivity index (χ3v) is 16.5. The van der Waals surface area contributed by atoms with Gasteiger partial charge in [0.05, 0.1) is 50.3 Å². The van der Waals surface area contributed by atoms with Crippen LogP contribution in [0.2, 0.25) is 0 Å². The molecule has 5 nitrogen and oxygen atoms in total. The lowest BCUT2D eigenvalue weighted by molar-refractivity contribution is 1.14. The Kier molecular flexibility index (Phi) is 7.61. The molecule has 0 radical (unpaired) electrons. The van der Waals surface area contributed by atoms with E-state index in [4.69, 9.17) is 0 Å². The van der Waals surface area contributed by atoms with Gasteiger partial charge in [0, 0.05) is 86.1 Å². The minimum atomic E-state index is 0.419. The van der Waals surface area contributed by atoms with Crippen molar-refractivity contribution in [3.63, 3.8) is 0 Å². The average molecular weight is 898 g/mol. The van der Waals surface area contributed by atoms with E-state index in [0.29, 0.717) is 16.8 Å². The maximum absolute atomic E-state index is 12.1. The summed E-state index contributed by atoms with van der Waals surface area (Å²) >= 11 is 3.62. The summed E-state index contributed by atoms with van der Waals surface area (Å²) in [6, 6.07) is 65.0. The number of thiophene rings is 2. The second kappa shape index (κ2) is 13.8. The maximum Gasteiger partial charge on any atom is 0.220 e. The third kappa shape index (κ3) is 4.78. The molecule has 68 heavy (non-hydrogen) atoms. The monoisotopic (exact) mass is 897 g/mol. The fraction of sp³-hybridized carbons (Fsp3) is 0. The van der Waals surface area contributed by atoms with Crippen LogP contribution in [0.15, 0.2) is 188 Å². The van der Waals surface area contributed by atoms with Gasteiger partial charge in [-0.2, -0.15) is 5.26 Å². The van der Waals surface area contributed by atoms with Crippen LogP contribution in [-0.4, -0.2) is 14.1 Å². The highest BCUT2D eigenvalue weighted by Gasteiger charge is 2.33. The van der Waals surface area contributed by atoms with E-state index in [1.807, 2.05) is 60.1 Å². The van der Waals surface area contributed by atoms with Gasteiger partial charge in [0.25, 0.3) is 0 Å². The molecular weight excluding hydrogens is 867 g/mol. The molecule has 0 aliphatic heterocycles. The van der Waals surface area contributed by atoms with Crippen molar-refractivity contribution in [3.05, 3.63) is 205 Å². The van der Waals surface area contributed by atoms with Crippen molar-refractivity contribution in [2.24, 2.45) is 0 Å². The topological polar surface area (TPSA) is 50.9 Å². The largest absolute Gasteiger partial charge is 0.318 e. The predicted octanol–water partition coefficient (Wildman–Crippen LogP) is 17.5. The predicted molar refractivity (Wildman–Crippen MR) is 287 cm³/mol. The van der Waals surface area contributed by atoms with Gasteiger partial charge in [0.15, 0.2) is 0 Å². The molecule has 0 amide bonds. The number of pyridine rings is 1. The normalized spacial score (nSPS) is 12.1. The Hall–Kier alpha value is -8.85. The van der Waals surface area contributed by atoms with Gasteiger partial charge < -0.3 is 9.13 Å². The van der Waals surface area contributed by atoms with Gasteiger partial charge in [0.2, 0.25) is 5.69 Å². The second-order valence-electron chi connectivity index (χ2n) is 17.5.